The van der Waals surface area contributed by atoms with E-state index < -0.39 is 0 Å². The third-order valence-corrected chi connectivity index (χ3v) is 2.82. The molecule has 2 aromatic rings. The van der Waals surface area contributed by atoms with E-state index in [1.54, 1.807) is 12.1 Å². The van der Waals surface area contributed by atoms with Crippen molar-refractivity contribution in [2.75, 3.05) is 17.3 Å². The Morgan fingerprint density at radius 2 is 2.00 bits per heavy atom. The van der Waals surface area contributed by atoms with Gasteiger partial charge in [0.1, 0.15) is 23.8 Å². The van der Waals surface area contributed by atoms with Crippen molar-refractivity contribution in [3.63, 3.8) is 0 Å². The smallest absolute Gasteiger partial charge is 0.145 e. The van der Waals surface area contributed by atoms with E-state index in [4.69, 9.17) is 5.84 Å². The lowest BCUT2D eigenvalue weighted by Gasteiger charge is -2.08. The molecule has 0 spiro atoms. The van der Waals surface area contributed by atoms with Crippen LogP contribution >= 0.6 is 0 Å². The van der Waals surface area contributed by atoms with Gasteiger partial charge in [0.15, 0.2) is 0 Å². The Morgan fingerprint density at radius 1 is 1.21 bits per heavy atom. The molecule has 5 nitrogen and oxygen atoms in total. The summed E-state index contributed by atoms with van der Waals surface area (Å²) >= 11 is 0. The average Bonchev–Trinajstić information content (AvgIpc) is 2.41. The fourth-order valence-electron chi connectivity index (χ4n) is 1.80. The van der Waals surface area contributed by atoms with Crippen molar-refractivity contribution in [2.24, 2.45) is 5.84 Å². The van der Waals surface area contributed by atoms with Crippen LogP contribution in [0.4, 0.5) is 16.0 Å². The van der Waals surface area contributed by atoms with Crippen LogP contribution in [0.5, 0.6) is 0 Å². The second-order valence-corrected chi connectivity index (χ2v) is 4.18. The molecule has 0 saturated carbocycles. The Labute approximate surface area is 111 Å². The molecule has 0 aliphatic carbocycles. The Morgan fingerprint density at radius 3 is 2.74 bits per heavy atom. The molecule has 0 radical (unpaired) electrons. The average molecular weight is 261 g/mol. The van der Waals surface area contributed by atoms with Gasteiger partial charge in [-0.1, -0.05) is 6.07 Å². The molecule has 2 rings (SSSR count). The minimum absolute atomic E-state index is 0.205. The highest BCUT2D eigenvalue weighted by atomic mass is 19.1. The van der Waals surface area contributed by atoms with Crippen LogP contribution in [0.25, 0.3) is 0 Å². The second kappa shape index (κ2) is 6.10. The molecule has 0 fully saturated rings. The van der Waals surface area contributed by atoms with Crippen molar-refractivity contribution in [1.29, 1.82) is 0 Å². The lowest BCUT2D eigenvalue weighted by atomic mass is 10.1. The highest BCUT2D eigenvalue weighted by Crippen LogP contribution is 2.12. The van der Waals surface area contributed by atoms with E-state index in [2.05, 4.69) is 20.7 Å². The normalized spacial score (nSPS) is 10.3. The van der Waals surface area contributed by atoms with E-state index in [0.29, 0.717) is 18.2 Å². The SMILES string of the molecule is Cc1cc(F)ccc1CCNc1cc(NN)ncn1. The zero-order chi connectivity index (χ0) is 13.7. The minimum atomic E-state index is -0.205. The quantitative estimate of drug-likeness (QED) is 0.566. The molecular weight excluding hydrogens is 245 g/mol. The zero-order valence-electron chi connectivity index (χ0n) is 10.7. The van der Waals surface area contributed by atoms with Crippen molar-refractivity contribution in [3.05, 3.63) is 47.5 Å². The van der Waals surface area contributed by atoms with Gasteiger partial charge < -0.3 is 10.7 Å². The van der Waals surface area contributed by atoms with Crippen molar-refractivity contribution in [3.8, 4) is 0 Å². The molecule has 1 aromatic carbocycles. The van der Waals surface area contributed by atoms with E-state index >= 15 is 0 Å². The molecule has 0 aliphatic rings. The molecule has 0 atom stereocenters. The number of hydrogen-bond acceptors (Lipinski definition) is 5. The third kappa shape index (κ3) is 3.62. The molecule has 0 unspecified atom stereocenters. The molecule has 0 bridgehead atoms. The maximum absolute atomic E-state index is 13.0. The monoisotopic (exact) mass is 261 g/mol. The summed E-state index contributed by atoms with van der Waals surface area (Å²) in [4.78, 5) is 8.00. The highest BCUT2D eigenvalue weighted by molar-refractivity contribution is 5.45. The van der Waals surface area contributed by atoms with E-state index in [9.17, 15) is 4.39 Å². The van der Waals surface area contributed by atoms with Gasteiger partial charge in [0.25, 0.3) is 0 Å². The van der Waals surface area contributed by atoms with Gasteiger partial charge in [-0.25, -0.2) is 20.2 Å². The van der Waals surface area contributed by atoms with E-state index in [0.717, 1.165) is 17.5 Å². The van der Waals surface area contributed by atoms with Crippen molar-refractivity contribution < 1.29 is 4.39 Å². The summed E-state index contributed by atoms with van der Waals surface area (Å²) in [6.45, 7) is 2.60. The minimum Gasteiger partial charge on any atom is -0.370 e. The van der Waals surface area contributed by atoms with Crippen LogP contribution in [-0.4, -0.2) is 16.5 Å². The Kier molecular flexibility index (Phi) is 4.25. The van der Waals surface area contributed by atoms with Gasteiger partial charge in [-0.05, 0) is 36.6 Å². The fourth-order valence-corrected chi connectivity index (χ4v) is 1.80. The summed E-state index contributed by atoms with van der Waals surface area (Å²) in [5.41, 5.74) is 4.52. The maximum atomic E-state index is 13.0. The number of nitrogens with one attached hydrogen (secondary N) is 2. The Bertz CT molecular complexity index is 558. The third-order valence-electron chi connectivity index (χ3n) is 2.82. The van der Waals surface area contributed by atoms with Crippen LogP contribution < -0.4 is 16.6 Å². The molecule has 0 aliphatic heterocycles. The van der Waals surface area contributed by atoms with Crippen LogP contribution in [0.1, 0.15) is 11.1 Å². The number of rotatable bonds is 5. The first-order valence-electron chi connectivity index (χ1n) is 5.96. The number of nitrogen functional groups attached to an aromatic ring is 1. The summed E-state index contributed by atoms with van der Waals surface area (Å²) in [5, 5.41) is 3.17. The number of halogens is 1. The first-order valence-corrected chi connectivity index (χ1v) is 5.96. The first-order chi connectivity index (χ1) is 9.19. The summed E-state index contributed by atoms with van der Waals surface area (Å²) in [6, 6.07) is 6.54. The van der Waals surface area contributed by atoms with Gasteiger partial charge in [0.05, 0.1) is 0 Å². The van der Waals surface area contributed by atoms with Gasteiger partial charge in [0, 0.05) is 12.6 Å². The van der Waals surface area contributed by atoms with Crippen LogP contribution in [0.3, 0.4) is 0 Å². The van der Waals surface area contributed by atoms with Crippen molar-refractivity contribution in [1.82, 2.24) is 9.97 Å². The first kappa shape index (κ1) is 13.2. The van der Waals surface area contributed by atoms with Gasteiger partial charge in [-0.15, -0.1) is 0 Å². The molecule has 6 heteroatoms. The molecular formula is C13H16FN5. The Balaban J connectivity index is 1.92. The summed E-state index contributed by atoms with van der Waals surface area (Å²) in [6.07, 6.45) is 2.22. The number of benzene rings is 1. The topological polar surface area (TPSA) is 75.9 Å². The number of hydrazine groups is 1. The predicted octanol–water partition coefficient (Wildman–Crippen LogP) is 1.86. The number of nitrogens with zero attached hydrogens (tertiary/aromatic N) is 2. The number of anilines is 2. The number of hydrogen-bond donors (Lipinski definition) is 3. The lowest BCUT2D eigenvalue weighted by molar-refractivity contribution is 0.625. The predicted molar refractivity (Wildman–Crippen MR) is 73.2 cm³/mol. The van der Waals surface area contributed by atoms with Crippen LogP contribution in [-0.2, 0) is 6.42 Å². The van der Waals surface area contributed by atoms with Gasteiger partial charge in [-0.3, -0.25) is 0 Å². The summed E-state index contributed by atoms with van der Waals surface area (Å²) in [7, 11) is 0. The van der Waals surface area contributed by atoms with E-state index in [1.807, 2.05) is 6.92 Å². The summed E-state index contributed by atoms with van der Waals surface area (Å²) in [5.74, 6) is 6.31. The summed E-state index contributed by atoms with van der Waals surface area (Å²) < 4.78 is 13.0. The molecule has 0 saturated heterocycles. The van der Waals surface area contributed by atoms with E-state index in [-0.39, 0.29) is 5.82 Å². The van der Waals surface area contributed by atoms with Crippen LogP contribution in [0.2, 0.25) is 0 Å². The Hall–Kier alpha value is -2.21. The number of nitrogens with two attached hydrogens (primary N) is 1. The largest absolute Gasteiger partial charge is 0.370 e. The second-order valence-electron chi connectivity index (χ2n) is 4.18. The van der Waals surface area contributed by atoms with Gasteiger partial charge in [0.2, 0.25) is 0 Å². The number of aryl methyl sites for hydroxylation is 1. The highest BCUT2D eigenvalue weighted by Gasteiger charge is 2.01. The fraction of sp³-hybridized carbons (Fsp3) is 0.231. The molecule has 19 heavy (non-hydrogen) atoms. The lowest BCUT2D eigenvalue weighted by Crippen LogP contribution is -2.11. The van der Waals surface area contributed by atoms with E-state index in [1.165, 1.54) is 18.5 Å². The molecule has 1 aromatic heterocycles. The molecule has 0 amide bonds. The molecule has 4 N–H and O–H groups in total. The van der Waals surface area contributed by atoms with Gasteiger partial charge >= 0.3 is 0 Å². The molecule has 100 valence electrons. The maximum Gasteiger partial charge on any atom is 0.145 e. The van der Waals surface area contributed by atoms with Crippen LogP contribution in [0, 0.1) is 12.7 Å². The molecule has 1 heterocycles. The van der Waals surface area contributed by atoms with Crippen molar-refractivity contribution in [2.45, 2.75) is 13.3 Å². The van der Waals surface area contributed by atoms with Gasteiger partial charge in [-0.2, -0.15) is 0 Å². The number of aromatic nitrogens is 2. The van der Waals surface area contributed by atoms with Crippen molar-refractivity contribution >= 4 is 11.6 Å². The standard InChI is InChI=1S/C13H16FN5/c1-9-6-11(14)3-2-10(9)4-5-16-12-7-13(19-15)18-8-17-12/h2-3,6-8H,4-5,15H2,1H3,(H2,16,17,18,19). The van der Waals surface area contributed by atoms with Crippen LogP contribution in [0.15, 0.2) is 30.6 Å². The zero-order valence-corrected chi connectivity index (χ0v) is 10.7.